The van der Waals surface area contributed by atoms with E-state index in [0.29, 0.717) is 17.3 Å². The van der Waals surface area contributed by atoms with Crippen LogP contribution in [0.3, 0.4) is 0 Å². The summed E-state index contributed by atoms with van der Waals surface area (Å²) in [5.41, 5.74) is 0.321. The van der Waals surface area contributed by atoms with Crippen molar-refractivity contribution in [3.8, 4) is 0 Å². The molecule has 0 saturated heterocycles. The zero-order valence-electron chi connectivity index (χ0n) is 13.3. The Bertz CT molecular complexity index is 520. The molecule has 0 aliphatic heterocycles. The second-order valence-electron chi connectivity index (χ2n) is 8.52. The molecule has 2 heteroatoms. The Kier molecular flexibility index (Phi) is 2.81. The molecule has 0 spiro atoms. The first kappa shape index (κ1) is 13.7. The summed E-state index contributed by atoms with van der Waals surface area (Å²) in [6, 6.07) is 0. The van der Waals surface area contributed by atoms with Gasteiger partial charge in [0.25, 0.3) is 0 Å². The van der Waals surface area contributed by atoms with Crippen molar-refractivity contribution in [2.24, 2.45) is 34.5 Å². The van der Waals surface area contributed by atoms with E-state index < -0.39 is 0 Å². The molecule has 21 heavy (non-hydrogen) atoms. The molecule has 4 rings (SSSR count). The van der Waals surface area contributed by atoms with Crippen molar-refractivity contribution in [1.29, 1.82) is 0 Å². The van der Waals surface area contributed by atoms with E-state index in [-0.39, 0.29) is 16.9 Å². The summed E-state index contributed by atoms with van der Waals surface area (Å²) in [4.78, 5) is 0. The van der Waals surface area contributed by atoms with Crippen LogP contribution < -0.4 is 0 Å². The average molecular weight is 288 g/mol. The van der Waals surface area contributed by atoms with Gasteiger partial charge in [-0.25, -0.2) is 0 Å². The molecule has 4 aliphatic carbocycles. The minimum Gasteiger partial charge on any atom is -0.508 e. The van der Waals surface area contributed by atoms with Crippen LogP contribution in [-0.2, 0) is 0 Å². The van der Waals surface area contributed by atoms with Crippen molar-refractivity contribution in [2.45, 2.75) is 58.8 Å². The number of aliphatic hydroxyl groups excluding tert-OH is 2. The van der Waals surface area contributed by atoms with E-state index in [1.165, 1.54) is 38.5 Å². The number of hydrogen-bond acceptors (Lipinski definition) is 2. The molecular weight excluding hydrogens is 260 g/mol. The minimum atomic E-state index is -0.230. The fourth-order valence-electron chi connectivity index (χ4n) is 6.58. The fourth-order valence-corrected chi connectivity index (χ4v) is 6.58. The number of allylic oxidation sites excluding steroid dienone is 3. The van der Waals surface area contributed by atoms with Gasteiger partial charge in [0.2, 0.25) is 0 Å². The number of rotatable bonds is 0. The van der Waals surface area contributed by atoms with E-state index in [4.69, 9.17) is 0 Å². The average Bonchev–Trinajstić information content (AvgIpc) is 2.86. The normalized spacial score (nSPS) is 52.3. The molecular formula is C19H28O2. The summed E-state index contributed by atoms with van der Waals surface area (Å²) >= 11 is 0. The molecule has 1 unspecified atom stereocenters. The highest BCUT2D eigenvalue weighted by molar-refractivity contribution is 5.30. The van der Waals surface area contributed by atoms with Gasteiger partial charge in [-0.2, -0.15) is 0 Å². The van der Waals surface area contributed by atoms with Crippen molar-refractivity contribution in [3.63, 3.8) is 0 Å². The third kappa shape index (κ3) is 1.65. The predicted molar refractivity (Wildman–Crippen MR) is 83.9 cm³/mol. The molecule has 116 valence electrons. The van der Waals surface area contributed by atoms with Crippen LogP contribution >= 0.6 is 0 Å². The highest BCUT2D eigenvalue weighted by Gasteiger charge is 2.59. The maximum absolute atomic E-state index is 10.7. The Morgan fingerprint density at radius 2 is 1.81 bits per heavy atom. The second kappa shape index (κ2) is 4.30. The topological polar surface area (TPSA) is 40.5 Å². The van der Waals surface area contributed by atoms with Crippen molar-refractivity contribution in [2.75, 3.05) is 0 Å². The van der Waals surface area contributed by atoms with E-state index in [1.54, 1.807) is 6.08 Å². The minimum absolute atomic E-state index is 0.106. The predicted octanol–water partition coefficient (Wildman–Crippen LogP) is 5.13. The molecule has 0 radical (unpaired) electrons. The Morgan fingerprint density at radius 1 is 1.00 bits per heavy atom. The number of fused-ring (bicyclic) bond motifs is 5. The second-order valence-corrected chi connectivity index (χ2v) is 8.52. The van der Waals surface area contributed by atoms with E-state index in [0.717, 1.165) is 18.3 Å². The van der Waals surface area contributed by atoms with Crippen LogP contribution in [0.1, 0.15) is 58.8 Å². The molecule has 0 amide bonds. The molecule has 0 bridgehead atoms. The maximum atomic E-state index is 10.7. The highest BCUT2D eigenvalue weighted by Crippen LogP contribution is 2.65. The Hall–Kier alpha value is -0.920. The first-order chi connectivity index (χ1) is 9.97. The molecule has 2 nitrogen and oxygen atoms in total. The van der Waals surface area contributed by atoms with Crippen molar-refractivity contribution < 1.29 is 10.2 Å². The van der Waals surface area contributed by atoms with Gasteiger partial charge in [0, 0.05) is 5.41 Å². The first-order valence-corrected chi connectivity index (χ1v) is 8.78. The first-order valence-electron chi connectivity index (χ1n) is 8.78. The Labute approximate surface area is 127 Å². The van der Waals surface area contributed by atoms with E-state index in [1.807, 2.05) is 0 Å². The van der Waals surface area contributed by atoms with Crippen molar-refractivity contribution >= 4 is 0 Å². The van der Waals surface area contributed by atoms with E-state index >= 15 is 0 Å². The highest BCUT2D eigenvalue weighted by atomic mass is 16.3. The quantitative estimate of drug-likeness (QED) is 0.648. The fraction of sp³-hybridized carbons (Fsp3) is 0.789. The van der Waals surface area contributed by atoms with Gasteiger partial charge in [-0.3, -0.25) is 0 Å². The van der Waals surface area contributed by atoms with Crippen LogP contribution in [0.2, 0.25) is 0 Å². The van der Waals surface area contributed by atoms with Crippen LogP contribution in [0.25, 0.3) is 0 Å². The molecule has 6 atom stereocenters. The van der Waals surface area contributed by atoms with Gasteiger partial charge < -0.3 is 10.2 Å². The van der Waals surface area contributed by atoms with Crippen LogP contribution in [0, 0.1) is 34.5 Å². The van der Waals surface area contributed by atoms with Gasteiger partial charge in [0.05, 0.1) is 0 Å². The Morgan fingerprint density at radius 3 is 2.62 bits per heavy atom. The molecule has 2 N–H and O–H groups in total. The SMILES string of the molecule is C[C@@]12CCC[C@H]1[C@@H]1CCC3C=CC(O)=C(O)[C@]3(C)[C@H]1CC2. The smallest absolute Gasteiger partial charge is 0.153 e. The van der Waals surface area contributed by atoms with Gasteiger partial charge in [-0.1, -0.05) is 26.3 Å². The number of aliphatic hydroxyl groups is 2. The van der Waals surface area contributed by atoms with Gasteiger partial charge >= 0.3 is 0 Å². The summed E-state index contributed by atoms with van der Waals surface area (Å²) in [5, 5.41) is 20.7. The van der Waals surface area contributed by atoms with E-state index in [9.17, 15) is 10.2 Å². The van der Waals surface area contributed by atoms with Crippen molar-refractivity contribution in [1.82, 2.24) is 0 Å². The Balaban J connectivity index is 1.74. The summed E-state index contributed by atoms with van der Waals surface area (Å²) in [5.74, 6) is 2.91. The monoisotopic (exact) mass is 288 g/mol. The van der Waals surface area contributed by atoms with E-state index in [2.05, 4.69) is 19.9 Å². The van der Waals surface area contributed by atoms with Crippen molar-refractivity contribution in [3.05, 3.63) is 23.7 Å². The maximum Gasteiger partial charge on any atom is 0.153 e. The zero-order chi connectivity index (χ0) is 14.8. The van der Waals surface area contributed by atoms with Gasteiger partial charge in [-0.15, -0.1) is 0 Å². The van der Waals surface area contributed by atoms with Gasteiger partial charge in [-0.05, 0) is 73.7 Å². The third-order valence-electron chi connectivity index (χ3n) is 7.81. The molecule has 0 aromatic rings. The van der Waals surface area contributed by atoms with Crippen LogP contribution in [0.4, 0.5) is 0 Å². The lowest BCUT2D eigenvalue weighted by Gasteiger charge is -2.58. The molecule has 0 aromatic carbocycles. The molecule has 3 fully saturated rings. The molecule has 4 aliphatic rings. The van der Waals surface area contributed by atoms with Gasteiger partial charge in [0.15, 0.2) is 5.76 Å². The lowest BCUT2D eigenvalue weighted by atomic mass is 9.47. The standard InChI is InChI=1S/C19H28O2/c1-18-10-3-4-14(18)13-7-5-12-6-8-16(20)17(21)19(12,2)15(13)9-11-18/h6,8,12-15,20-21H,3-5,7,9-11H2,1-2H3/t12?,13-,14-,15-,18-,19-/m0/s1. The summed E-state index contributed by atoms with van der Waals surface area (Å²) in [7, 11) is 0. The molecule has 0 heterocycles. The lowest BCUT2D eigenvalue weighted by molar-refractivity contribution is -0.0766. The van der Waals surface area contributed by atoms with Crippen LogP contribution in [0.5, 0.6) is 0 Å². The summed E-state index contributed by atoms with van der Waals surface area (Å²) in [6.07, 6.45) is 13.0. The van der Waals surface area contributed by atoms with Gasteiger partial charge in [0.1, 0.15) is 5.76 Å². The third-order valence-corrected chi connectivity index (χ3v) is 7.81. The van der Waals surface area contributed by atoms with Crippen LogP contribution in [-0.4, -0.2) is 10.2 Å². The lowest BCUT2D eigenvalue weighted by Crippen LogP contribution is -2.52. The largest absolute Gasteiger partial charge is 0.508 e. The summed E-state index contributed by atoms with van der Waals surface area (Å²) in [6.45, 7) is 4.71. The van der Waals surface area contributed by atoms with Crippen LogP contribution in [0.15, 0.2) is 23.7 Å². The number of hydrogen-bond donors (Lipinski definition) is 2. The summed E-state index contributed by atoms with van der Waals surface area (Å²) < 4.78 is 0. The molecule has 3 saturated carbocycles. The molecule has 0 aromatic heterocycles. The zero-order valence-corrected chi connectivity index (χ0v) is 13.3.